The molecule has 27 heavy (non-hydrogen) atoms. The molecule has 2 heterocycles. The number of aromatic nitrogens is 4. The van der Waals surface area contributed by atoms with Crippen LogP contribution in [0.15, 0.2) is 29.5 Å². The summed E-state index contributed by atoms with van der Waals surface area (Å²) in [6, 6.07) is 4.83. The van der Waals surface area contributed by atoms with Gasteiger partial charge in [0.1, 0.15) is 17.5 Å². The quantitative estimate of drug-likeness (QED) is 0.583. The number of fused-ring (bicyclic) bond motifs is 1. The number of tetrazole rings is 1. The first-order chi connectivity index (χ1) is 13.1. The van der Waals surface area contributed by atoms with E-state index in [-0.39, 0.29) is 0 Å². The molecule has 1 N–H and O–H groups in total. The van der Waals surface area contributed by atoms with Crippen molar-refractivity contribution < 1.29 is 19.0 Å². The molecule has 2 aromatic rings. The molecule has 1 atom stereocenters. The lowest BCUT2D eigenvalue weighted by molar-refractivity contribution is -0.139. The van der Waals surface area contributed by atoms with Crippen LogP contribution in [-0.4, -0.2) is 47.0 Å². The average Bonchev–Trinajstić information content (AvgIpc) is 3.14. The molecule has 0 aliphatic carbocycles. The molecule has 1 unspecified atom stereocenters. The number of hydrogen-bond donors (Lipinski definition) is 1. The van der Waals surface area contributed by atoms with Gasteiger partial charge in [-0.05, 0) is 35.9 Å². The van der Waals surface area contributed by atoms with E-state index < -0.39 is 12.0 Å². The molecule has 1 aliphatic heterocycles. The molecule has 0 amide bonds. The van der Waals surface area contributed by atoms with Crippen molar-refractivity contribution in [2.75, 3.05) is 26.1 Å². The number of nitrogens with zero attached hydrogens (tertiary/aromatic N) is 4. The molecular formula is C18H23N5O4. The Hall–Kier alpha value is -3.10. The van der Waals surface area contributed by atoms with Crippen molar-refractivity contribution in [3.05, 3.63) is 35.0 Å². The number of unbranched alkanes of at least 4 members (excludes halogenated alkanes) is 1. The molecule has 1 aromatic carbocycles. The van der Waals surface area contributed by atoms with E-state index in [4.69, 9.17) is 14.2 Å². The summed E-state index contributed by atoms with van der Waals surface area (Å²) in [6.07, 6.45) is 1.74. The summed E-state index contributed by atoms with van der Waals surface area (Å²) >= 11 is 0. The molecule has 9 nitrogen and oxygen atoms in total. The van der Waals surface area contributed by atoms with Crippen LogP contribution < -0.4 is 14.8 Å². The van der Waals surface area contributed by atoms with Gasteiger partial charge in [0, 0.05) is 17.3 Å². The Morgan fingerprint density at radius 1 is 1.30 bits per heavy atom. The fourth-order valence-corrected chi connectivity index (χ4v) is 3.00. The lowest BCUT2D eigenvalue weighted by atomic mass is 9.95. The van der Waals surface area contributed by atoms with Crippen molar-refractivity contribution in [1.29, 1.82) is 0 Å². The van der Waals surface area contributed by atoms with Crippen molar-refractivity contribution in [3.8, 4) is 11.5 Å². The van der Waals surface area contributed by atoms with E-state index in [1.54, 1.807) is 38.0 Å². The summed E-state index contributed by atoms with van der Waals surface area (Å²) in [6.45, 7) is 4.21. The minimum atomic E-state index is -0.578. The van der Waals surface area contributed by atoms with Gasteiger partial charge in [0.25, 0.3) is 0 Å². The second-order valence-electron chi connectivity index (χ2n) is 6.11. The average molecular weight is 373 g/mol. The van der Waals surface area contributed by atoms with Gasteiger partial charge in [-0.15, -0.1) is 0 Å². The third kappa shape index (κ3) is 3.57. The Balaban J connectivity index is 2.08. The number of esters is 1. The van der Waals surface area contributed by atoms with Crippen molar-refractivity contribution in [1.82, 2.24) is 20.2 Å². The Morgan fingerprint density at radius 2 is 2.11 bits per heavy atom. The number of nitrogens with one attached hydrogen (secondary N) is 1. The van der Waals surface area contributed by atoms with Gasteiger partial charge in [-0.1, -0.05) is 18.4 Å². The van der Waals surface area contributed by atoms with E-state index in [0.717, 1.165) is 18.4 Å². The molecule has 144 valence electrons. The maximum absolute atomic E-state index is 12.9. The SMILES string of the molecule is CCCCOC(=O)C1=C(C)Nc2nnnn2C1c1ccc(OC)cc1OC. The molecule has 0 fully saturated rings. The number of carbonyl (C=O) groups excluding carboxylic acids is 1. The van der Waals surface area contributed by atoms with E-state index in [2.05, 4.69) is 20.8 Å². The van der Waals surface area contributed by atoms with Gasteiger partial charge in [0.2, 0.25) is 5.95 Å². The molecule has 9 heteroatoms. The molecule has 1 aliphatic rings. The minimum absolute atomic E-state index is 0.362. The van der Waals surface area contributed by atoms with Gasteiger partial charge in [-0.25, -0.2) is 4.79 Å². The maximum Gasteiger partial charge on any atom is 0.338 e. The Kier molecular flexibility index (Phi) is 5.58. The number of ether oxygens (including phenoxy) is 3. The van der Waals surface area contributed by atoms with Gasteiger partial charge in [0.15, 0.2) is 0 Å². The molecule has 1 aromatic heterocycles. The molecule has 0 saturated carbocycles. The van der Waals surface area contributed by atoms with E-state index in [0.29, 0.717) is 35.3 Å². The molecule has 0 radical (unpaired) electrons. The van der Waals surface area contributed by atoms with Crippen molar-refractivity contribution in [3.63, 3.8) is 0 Å². The molecule has 3 rings (SSSR count). The lowest BCUT2D eigenvalue weighted by Crippen LogP contribution is -2.30. The number of hydrogen-bond acceptors (Lipinski definition) is 8. The summed E-state index contributed by atoms with van der Waals surface area (Å²) in [5.41, 5.74) is 1.81. The van der Waals surface area contributed by atoms with Gasteiger partial charge in [-0.3, -0.25) is 0 Å². The number of methoxy groups -OCH3 is 2. The van der Waals surface area contributed by atoms with Crippen LogP contribution in [0.3, 0.4) is 0 Å². The van der Waals surface area contributed by atoms with Gasteiger partial charge in [0.05, 0.1) is 26.4 Å². The van der Waals surface area contributed by atoms with Crippen LogP contribution in [-0.2, 0) is 9.53 Å². The second kappa shape index (κ2) is 8.07. The highest BCUT2D eigenvalue weighted by Gasteiger charge is 2.36. The van der Waals surface area contributed by atoms with Gasteiger partial charge >= 0.3 is 5.97 Å². The number of carbonyl (C=O) groups is 1. The first-order valence-electron chi connectivity index (χ1n) is 8.75. The van der Waals surface area contributed by atoms with E-state index in [1.807, 2.05) is 13.0 Å². The predicted octanol–water partition coefficient (Wildman–Crippen LogP) is 2.32. The molecule has 0 saturated heterocycles. The monoisotopic (exact) mass is 373 g/mol. The Labute approximate surface area is 157 Å². The van der Waals surface area contributed by atoms with Crippen LogP contribution in [0.4, 0.5) is 5.95 Å². The number of allylic oxidation sites excluding steroid dienone is 1. The summed E-state index contributed by atoms with van der Waals surface area (Å²) in [4.78, 5) is 12.9. The zero-order valence-corrected chi connectivity index (χ0v) is 15.9. The van der Waals surface area contributed by atoms with E-state index in [9.17, 15) is 4.79 Å². The largest absolute Gasteiger partial charge is 0.497 e. The Bertz CT molecular complexity index is 861. The second-order valence-corrected chi connectivity index (χ2v) is 6.11. The van der Waals surface area contributed by atoms with Crippen LogP contribution in [0.1, 0.15) is 38.3 Å². The number of anilines is 1. The smallest absolute Gasteiger partial charge is 0.338 e. The van der Waals surface area contributed by atoms with Crippen LogP contribution in [0, 0.1) is 0 Å². The third-order valence-corrected chi connectivity index (χ3v) is 4.40. The van der Waals surface area contributed by atoms with E-state index >= 15 is 0 Å². The zero-order chi connectivity index (χ0) is 19.4. The lowest BCUT2D eigenvalue weighted by Gasteiger charge is -2.28. The maximum atomic E-state index is 12.9. The zero-order valence-electron chi connectivity index (χ0n) is 15.9. The Morgan fingerprint density at radius 3 is 2.81 bits per heavy atom. The fraction of sp³-hybridized carbons (Fsp3) is 0.444. The summed E-state index contributed by atoms with van der Waals surface area (Å²) in [7, 11) is 3.15. The van der Waals surface area contributed by atoms with Gasteiger partial charge < -0.3 is 19.5 Å². The normalized spacial score (nSPS) is 15.8. The summed E-state index contributed by atoms with van der Waals surface area (Å²) in [5, 5.41) is 14.8. The molecule has 0 bridgehead atoms. The highest BCUT2D eigenvalue weighted by Crippen LogP contribution is 2.40. The topological polar surface area (TPSA) is 100 Å². The van der Waals surface area contributed by atoms with Crippen molar-refractivity contribution >= 4 is 11.9 Å². The first kappa shape index (κ1) is 18.7. The standard InChI is InChI=1S/C18H23N5O4/c1-5-6-9-27-17(24)15-11(2)19-18-20-21-22-23(18)16(15)13-8-7-12(25-3)10-14(13)26-4/h7-8,10,16H,5-6,9H2,1-4H3,(H,19,20,22). The predicted molar refractivity (Wildman–Crippen MR) is 97.7 cm³/mol. The fourth-order valence-electron chi connectivity index (χ4n) is 3.00. The highest BCUT2D eigenvalue weighted by molar-refractivity contribution is 5.92. The van der Waals surface area contributed by atoms with E-state index in [1.165, 1.54) is 0 Å². The van der Waals surface area contributed by atoms with Gasteiger partial charge in [-0.2, -0.15) is 4.68 Å². The molecular weight excluding hydrogens is 350 g/mol. The van der Waals surface area contributed by atoms with Crippen LogP contribution in [0.25, 0.3) is 0 Å². The third-order valence-electron chi connectivity index (χ3n) is 4.40. The summed E-state index contributed by atoms with van der Waals surface area (Å²) in [5.74, 6) is 1.25. The highest BCUT2D eigenvalue weighted by atomic mass is 16.5. The van der Waals surface area contributed by atoms with Crippen LogP contribution in [0.2, 0.25) is 0 Å². The van der Waals surface area contributed by atoms with Crippen LogP contribution >= 0.6 is 0 Å². The van der Waals surface area contributed by atoms with Crippen molar-refractivity contribution in [2.45, 2.75) is 32.7 Å². The van der Waals surface area contributed by atoms with Crippen LogP contribution in [0.5, 0.6) is 11.5 Å². The summed E-state index contributed by atoms with van der Waals surface area (Å²) < 4.78 is 17.8. The number of rotatable bonds is 7. The molecule has 0 spiro atoms. The first-order valence-corrected chi connectivity index (χ1v) is 8.75. The minimum Gasteiger partial charge on any atom is -0.497 e. The van der Waals surface area contributed by atoms with Crippen molar-refractivity contribution in [2.24, 2.45) is 0 Å². The number of benzene rings is 1.